The molecular formula is C22H27NO4. The van der Waals surface area contributed by atoms with Crippen LogP contribution in [-0.4, -0.2) is 24.6 Å². The zero-order chi connectivity index (χ0) is 19.8. The summed E-state index contributed by atoms with van der Waals surface area (Å²) in [5.74, 6) is 0.194. The second kappa shape index (κ2) is 9.76. The number of anilines is 1. The maximum absolute atomic E-state index is 12.4. The van der Waals surface area contributed by atoms with E-state index in [1.807, 2.05) is 45.0 Å². The number of benzene rings is 2. The van der Waals surface area contributed by atoms with Crippen LogP contribution >= 0.6 is 0 Å². The number of aryl methyl sites for hydroxylation is 1. The molecule has 1 amide bonds. The van der Waals surface area contributed by atoms with Gasteiger partial charge in [-0.1, -0.05) is 39.0 Å². The number of carbonyl (C=O) groups excluding carboxylic acids is 2. The third-order valence-electron chi connectivity index (χ3n) is 3.97. The molecule has 0 aliphatic rings. The van der Waals surface area contributed by atoms with Crippen molar-refractivity contribution >= 4 is 17.6 Å². The Balaban J connectivity index is 1.96. The third kappa shape index (κ3) is 6.13. The highest BCUT2D eigenvalue weighted by molar-refractivity contribution is 6.04. The minimum absolute atomic E-state index is 0.188. The van der Waals surface area contributed by atoms with Gasteiger partial charge in [0.15, 0.2) is 6.10 Å². The van der Waals surface area contributed by atoms with Crippen LogP contribution in [0.15, 0.2) is 48.5 Å². The maximum Gasteiger partial charge on any atom is 0.347 e. The fourth-order valence-electron chi connectivity index (χ4n) is 2.45. The summed E-state index contributed by atoms with van der Waals surface area (Å²) in [4.78, 5) is 24.3. The van der Waals surface area contributed by atoms with Crippen molar-refractivity contribution in [2.45, 2.75) is 40.2 Å². The highest BCUT2D eigenvalue weighted by Gasteiger charge is 2.17. The molecule has 27 heavy (non-hydrogen) atoms. The molecule has 0 fully saturated rings. The van der Waals surface area contributed by atoms with Crippen molar-refractivity contribution in [3.63, 3.8) is 0 Å². The minimum Gasteiger partial charge on any atom is -0.479 e. The average Bonchev–Trinajstić information content (AvgIpc) is 2.66. The number of ether oxygens (including phenoxy) is 2. The molecule has 5 heteroatoms. The van der Waals surface area contributed by atoms with Crippen LogP contribution in [0.2, 0.25) is 0 Å². The number of para-hydroxylation sites is 1. The van der Waals surface area contributed by atoms with Crippen molar-refractivity contribution in [3.8, 4) is 5.75 Å². The molecule has 2 rings (SSSR count). The van der Waals surface area contributed by atoms with Gasteiger partial charge in [0.2, 0.25) is 0 Å². The van der Waals surface area contributed by atoms with Gasteiger partial charge in [-0.15, -0.1) is 0 Å². The van der Waals surface area contributed by atoms with Crippen LogP contribution in [0.5, 0.6) is 5.75 Å². The number of hydrogen-bond acceptors (Lipinski definition) is 4. The number of esters is 1. The second-order valence-corrected chi connectivity index (χ2v) is 6.77. The predicted octanol–water partition coefficient (Wildman–Crippen LogP) is 4.47. The van der Waals surface area contributed by atoms with Crippen LogP contribution in [0.4, 0.5) is 5.69 Å². The summed E-state index contributed by atoms with van der Waals surface area (Å²) in [6, 6.07) is 14.4. The Morgan fingerprint density at radius 3 is 2.30 bits per heavy atom. The lowest BCUT2D eigenvalue weighted by Gasteiger charge is -2.15. The lowest BCUT2D eigenvalue weighted by molar-refractivity contribution is -0.152. The molecule has 144 valence electrons. The van der Waals surface area contributed by atoms with Gasteiger partial charge in [-0.25, -0.2) is 4.79 Å². The van der Waals surface area contributed by atoms with E-state index in [0.717, 1.165) is 17.7 Å². The van der Waals surface area contributed by atoms with Crippen LogP contribution < -0.4 is 10.1 Å². The molecule has 0 aliphatic heterocycles. The summed E-state index contributed by atoms with van der Waals surface area (Å²) < 4.78 is 10.8. The van der Waals surface area contributed by atoms with Gasteiger partial charge in [-0.05, 0) is 55.2 Å². The molecule has 0 radical (unpaired) electrons. The Labute approximate surface area is 160 Å². The minimum atomic E-state index is -0.708. The number of amides is 1. The monoisotopic (exact) mass is 369 g/mol. The zero-order valence-corrected chi connectivity index (χ0v) is 16.3. The number of carbonyl (C=O) groups is 2. The van der Waals surface area contributed by atoms with Crippen LogP contribution in [0.1, 0.15) is 43.6 Å². The van der Waals surface area contributed by atoms with Crippen LogP contribution in [-0.2, 0) is 16.0 Å². The summed E-state index contributed by atoms with van der Waals surface area (Å²) in [5.41, 5.74) is 2.41. The third-order valence-corrected chi connectivity index (χ3v) is 3.97. The Kier molecular flexibility index (Phi) is 7.41. The van der Waals surface area contributed by atoms with E-state index in [1.165, 1.54) is 0 Å². The Hall–Kier alpha value is -2.82. The fourth-order valence-corrected chi connectivity index (χ4v) is 2.45. The lowest BCUT2D eigenvalue weighted by atomic mass is 10.1. The molecule has 2 aromatic carbocycles. The first-order valence-electron chi connectivity index (χ1n) is 9.23. The fraction of sp³-hybridized carbons (Fsp3) is 0.364. The van der Waals surface area contributed by atoms with Crippen molar-refractivity contribution in [1.82, 2.24) is 0 Å². The topological polar surface area (TPSA) is 64.6 Å². The summed E-state index contributed by atoms with van der Waals surface area (Å²) in [6.07, 6.45) is 0.133. The zero-order valence-electron chi connectivity index (χ0n) is 16.3. The number of hydrogen-bond donors (Lipinski definition) is 1. The van der Waals surface area contributed by atoms with E-state index >= 15 is 0 Å². The van der Waals surface area contributed by atoms with E-state index in [0.29, 0.717) is 17.9 Å². The first-order valence-corrected chi connectivity index (χ1v) is 9.23. The van der Waals surface area contributed by atoms with E-state index in [1.54, 1.807) is 31.2 Å². The molecule has 0 saturated carbocycles. The molecule has 0 aromatic heterocycles. The highest BCUT2D eigenvalue weighted by atomic mass is 16.6. The molecule has 0 aliphatic carbocycles. The Morgan fingerprint density at radius 1 is 1.00 bits per heavy atom. The molecule has 1 N–H and O–H groups in total. The summed E-state index contributed by atoms with van der Waals surface area (Å²) in [7, 11) is 0. The highest BCUT2D eigenvalue weighted by Crippen LogP contribution is 2.19. The van der Waals surface area contributed by atoms with Crippen LogP contribution in [0.25, 0.3) is 0 Å². The van der Waals surface area contributed by atoms with E-state index in [9.17, 15) is 9.59 Å². The molecule has 0 bridgehead atoms. The SMILES string of the molecule is CCc1ccccc1NC(=O)c1ccc(O[C@H](C)C(=O)OCC(C)C)cc1. The second-order valence-electron chi connectivity index (χ2n) is 6.77. The number of nitrogens with one attached hydrogen (secondary N) is 1. The molecule has 0 spiro atoms. The normalized spacial score (nSPS) is 11.7. The quantitative estimate of drug-likeness (QED) is 0.698. The van der Waals surface area contributed by atoms with Gasteiger partial charge in [0.05, 0.1) is 6.61 Å². The lowest BCUT2D eigenvalue weighted by Crippen LogP contribution is -2.27. The van der Waals surface area contributed by atoms with Crippen molar-refractivity contribution in [3.05, 3.63) is 59.7 Å². The average molecular weight is 369 g/mol. The molecule has 0 saturated heterocycles. The van der Waals surface area contributed by atoms with E-state index in [-0.39, 0.29) is 11.8 Å². The van der Waals surface area contributed by atoms with Gasteiger partial charge in [0, 0.05) is 11.3 Å². The van der Waals surface area contributed by atoms with Gasteiger partial charge in [0.25, 0.3) is 5.91 Å². The van der Waals surface area contributed by atoms with E-state index in [2.05, 4.69) is 5.32 Å². The molecular weight excluding hydrogens is 342 g/mol. The van der Waals surface area contributed by atoms with Crippen LogP contribution in [0, 0.1) is 5.92 Å². The summed E-state index contributed by atoms with van der Waals surface area (Å²) >= 11 is 0. The number of rotatable bonds is 8. The largest absolute Gasteiger partial charge is 0.479 e. The van der Waals surface area contributed by atoms with Gasteiger partial charge >= 0.3 is 5.97 Å². The maximum atomic E-state index is 12.4. The predicted molar refractivity (Wildman–Crippen MR) is 106 cm³/mol. The molecule has 2 aromatic rings. The Bertz CT molecular complexity index is 768. The van der Waals surface area contributed by atoms with E-state index < -0.39 is 12.1 Å². The summed E-state index contributed by atoms with van der Waals surface area (Å²) in [6.45, 7) is 8.00. The molecule has 1 atom stereocenters. The molecule has 5 nitrogen and oxygen atoms in total. The van der Waals surface area contributed by atoms with Gasteiger partial charge in [-0.3, -0.25) is 4.79 Å². The van der Waals surface area contributed by atoms with Crippen LogP contribution in [0.3, 0.4) is 0 Å². The van der Waals surface area contributed by atoms with Crippen molar-refractivity contribution in [2.75, 3.05) is 11.9 Å². The first-order chi connectivity index (χ1) is 12.9. The van der Waals surface area contributed by atoms with Gasteiger partial charge in [0.1, 0.15) is 5.75 Å². The van der Waals surface area contributed by atoms with Gasteiger partial charge < -0.3 is 14.8 Å². The summed E-state index contributed by atoms with van der Waals surface area (Å²) in [5, 5.41) is 2.93. The molecule has 0 heterocycles. The smallest absolute Gasteiger partial charge is 0.347 e. The Morgan fingerprint density at radius 2 is 1.67 bits per heavy atom. The standard InChI is InChI=1S/C22H27NO4/c1-5-17-8-6-7-9-20(17)23-21(24)18-10-12-19(13-11-18)27-16(4)22(25)26-14-15(2)3/h6-13,15-16H,5,14H2,1-4H3,(H,23,24)/t16-/m1/s1. The van der Waals surface area contributed by atoms with E-state index in [4.69, 9.17) is 9.47 Å². The van der Waals surface area contributed by atoms with Gasteiger partial charge in [-0.2, -0.15) is 0 Å². The van der Waals surface area contributed by atoms with Crippen molar-refractivity contribution < 1.29 is 19.1 Å². The first kappa shape index (κ1) is 20.5. The van der Waals surface area contributed by atoms with Crippen molar-refractivity contribution in [2.24, 2.45) is 5.92 Å². The van der Waals surface area contributed by atoms with Crippen molar-refractivity contribution in [1.29, 1.82) is 0 Å². The molecule has 0 unspecified atom stereocenters.